The molecule has 10 aromatic carbocycles. The first kappa shape index (κ1) is 37.0. The Morgan fingerprint density at radius 1 is 0.281 bits per heavy atom. The van der Waals surface area contributed by atoms with Gasteiger partial charge in [-0.3, -0.25) is 0 Å². The van der Waals surface area contributed by atoms with E-state index in [0.717, 1.165) is 17.1 Å². The quantitative estimate of drug-likeness (QED) is 0.154. The van der Waals surface area contributed by atoms with E-state index in [4.69, 9.17) is 0 Å². The van der Waals surface area contributed by atoms with Crippen molar-refractivity contribution in [2.24, 2.45) is 0 Å². The van der Waals surface area contributed by atoms with Crippen LogP contribution in [-0.2, 0) is 5.41 Å². The van der Waals surface area contributed by atoms with E-state index in [1.165, 1.54) is 96.0 Å². The maximum atomic E-state index is 2.46. The lowest BCUT2D eigenvalue weighted by Gasteiger charge is -2.34. The van der Waals surface area contributed by atoms with Crippen molar-refractivity contribution in [3.63, 3.8) is 0 Å². The summed E-state index contributed by atoms with van der Waals surface area (Å²) in [6, 6.07) is 87.9. The predicted molar refractivity (Wildman–Crippen MR) is 275 cm³/mol. The minimum atomic E-state index is -0.466. The van der Waals surface area contributed by atoms with Crippen molar-refractivity contribution in [2.75, 3.05) is 4.90 Å². The lowest BCUT2D eigenvalue weighted by molar-refractivity contribution is 0.768. The summed E-state index contributed by atoms with van der Waals surface area (Å²) >= 11 is 3.73. The van der Waals surface area contributed by atoms with Gasteiger partial charge in [0, 0.05) is 57.4 Å². The Kier molecular flexibility index (Phi) is 8.55. The zero-order chi connectivity index (χ0) is 42.2. The lowest BCUT2D eigenvalue weighted by atomic mass is 9.68. The molecule has 0 spiro atoms. The van der Waals surface area contributed by atoms with Gasteiger partial charge in [-0.2, -0.15) is 0 Å². The molecule has 0 unspecified atom stereocenters. The molecular weight excluding hydrogens is 811 g/mol. The van der Waals surface area contributed by atoms with Crippen LogP contribution in [0, 0.1) is 0 Å². The summed E-state index contributed by atoms with van der Waals surface area (Å²) in [5, 5.41) is 5.24. The van der Waals surface area contributed by atoms with Gasteiger partial charge in [0.1, 0.15) is 0 Å². The summed E-state index contributed by atoms with van der Waals surface area (Å²) in [6.07, 6.45) is 0. The highest BCUT2D eigenvalue weighted by atomic mass is 32.1. The third-order valence-electron chi connectivity index (χ3n) is 13.3. The molecule has 0 atom stereocenters. The van der Waals surface area contributed by atoms with E-state index in [1.807, 2.05) is 22.7 Å². The van der Waals surface area contributed by atoms with Gasteiger partial charge in [-0.05, 0) is 128 Å². The monoisotopic (exact) mass is 849 g/mol. The zero-order valence-corrected chi connectivity index (χ0v) is 36.4. The molecule has 0 saturated carbocycles. The summed E-state index contributed by atoms with van der Waals surface area (Å²) < 4.78 is 5.27. The smallest absolute Gasteiger partial charge is 0.0713 e. The van der Waals surface area contributed by atoms with Crippen LogP contribution in [0.15, 0.2) is 237 Å². The van der Waals surface area contributed by atoms with Crippen molar-refractivity contribution in [3.8, 4) is 33.4 Å². The van der Waals surface area contributed by atoms with E-state index in [1.54, 1.807) is 0 Å². The second kappa shape index (κ2) is 14.8. The summed E-state index contributed by atoms with van der Waals surface area (Å²) in [7, 11) is 0. The molecule has 0 radical (unpaired) electrons. The minimum absolute atomic E-state index is 0.466. The van der Waals surface area contributed by atoms with E-state index in [-0.39, 0.29) is 0 Å². The second-order valence-corrected chi connectivity index (χ2v) is 19.0. The van der Waals surface area contributed by atoms with Crippen LogP contribution in [0.2, 0.25) is 0 Å². The van der Waals surface area contributed by atoms with Crippen LogP contribution in [-0.4, -0.2) is 0 Å². The van der Waals surface area contributed by atoms with Gasteiger partial charge in [-0.15, -0.1) is 22.7 Å². The molecule has 0 N–H and O–H groups in total. The Hall–Kier alpha value is -7.56. The first-order valence-corrected chi connectivity index (χ1v) is 23.5. The van der Waals surface area contributed by atoms with Gasteiger partial charge in [0.15, 0.2) is 0 Å². The molecule has 0 fully saturated rings. The van der Waals surface area contributed by atoms with Crippen molar-refractivity contribution in [1.29, 1.82) is 0 Å². The number of nitrogens with zero attached hydrogens (tertiary/aromatic N) is 1. The molecule has 2 aromatic heterocycles. The van der Waals surface area contributed by atoms with Crippen molar-refractivity contribution >= 4 is 80.1 Å². The third kappa shape index (κ3) is 5.75. The van der Waals surface area contributed by atoms with Crippen LogP contribution in [0.3, 0.4) is 0 Å². The molecule has 1 aliphatic rings. The van der Waals surface area contributed by atoms with E-state index < -0.39 is 5.41 Å². The van der Waals surface area contributed by atoms with Crippen molar-refractivity contribution < 1.29 is 0 Å². The van der Waals surface area contributed by atoms with Crippen LogP contribution in [0.5, 0.6) is 0 Å². The first-order valence-electron chi connectivity index (χ1n) is 21.9. The van der Waals surface area contributed by atoms with Gasteiger partial charge in [-0.25, -0.2) is 0 Å². The Balaban J connectivity index is 1.01. The summed E-state index contributed by atoms with van der Waals surface area (Å²) in [4.78, 5) is 2.46. The number of fused-ring (bicyclic) bond motifs is 9. The molecule has 300 valence electrons. The van der Waals surface area contributed by atoms with Gasteiger partial charge in [0.25, 0.3) is 0 Å². The molecule has 0 amide bonds. The first-order chi connectivity index (χ1) is 31.7. The highest BCUT2D eigenvalue weighted by Crippen LogP contribution is 2.57. The molecule has 12 aromatic rings. The highest BCUT2D eigenvalue weighted by molar-refractivity contribution is 7.26. The fraction of sp³-hybridized carbons (Fsp3) is 0.0164. The number of anilines is 3. The Bertz CT molecular complexity index is 3550. The fourth-order valence-electron chi connectivity index (χ4n) is 10.5. The standard InChI is InChI=1S/C61H39NS2/c1-3-17-44(18-4-1)61(45-19-5-2-6-20-45)55-26-10-7-23-49(55)52-39-48(31-32-56(52)61)62(46-21-13-15-40(35-46)42-29-33-59-53(37-42)50-24-8-11-27-57(50)63-59)47-22-14-16-41(36-47)43-30-34-60-54(38-43)51-25-9-12-28-58(51)64-60/h1-39H. The number of benzene rings is 10. The van der Waals surface area contributed by atoms with Crippen LogP contribution in [0.1, 0.15) is 22.3 Å². The molecular formula is C61H39NS2. The average Bonchev–Trinajstić information content (AvgIpc) is 4.03. The number of rotatable bonds is 7. The Labute approximate surface area is 380 Å². The van der Waals surface area contributed by atoms with Gasteiger partial charge < -0.3 is 4.90 Å². The second-order valence-electron chi connectivity index (χ2n) is 16.8. The molecule has 0 aliphatic heterocycles. The number of hydrogen-bond donors (Lipinski definition) is 0. The molecule has 2 heterocycles. The molecule has 64 heavy (non-hydrogen) atoms. The minimum Gasteiger partial charge on any atom is -0.310 e. The maximum Gasteiger partial charge on any atom is 0.0713 e. The molecule has 0 bridgehead atoms. The molecule has 0 saturated heterocycles. The molecule has 1 aliphatic carbocycles. The van der Waals surface area contributed by atoms with Gasteiger partial charge in [0.05, 0.1) is 5.41 Å². The van der Waals surface area contributed by atoms with Gasteiger partial charge in [-0.1, -0.05) is 164 Å². The van der Waals surface area contributed by atoms with Crippen LogP contribution in [0.25, 0.3) is 73.7 Å². The highest BCUT2D eigenvalue weighted by Gasteiger charge is 2.46. The van der Waals surface area contributed by atoms with Crippen LogP contribution in [0.4, 0.5) is 17.1 Å². The van der Waals surface area contributed by atoms with E-state index in [2.05, 4.69) is 241 Å². The summed E-state index contributed by atoms with van der Waals surface area (Å²) in [5.74, 6) is 0. The SMILES string of the molecule is c1ccc(C2(c3ccccc3)c3ccccc3-c3cc(N(c4cccc(-c5ccc6sc7ccccc7c6c5)c4)c4cccc(-c5ccc6sc7ccccc7c6c5)c4)ccc32)cc1. The van der Waals surface area contributed by atoms with Gasteiger partial charge >= 0.3 is 0 Å². The zero-order valence-electron chi connectivity index (χ0n) is 34.8. The number of hydrogen-bond acceptors (Lipinski definition) is 3. The van der Waals surface area contributed by atoms with Crippen molar-refractivity contribution in [3.05, 3.63) is 259 Å². The number of thiophene rings is 2. The van der Waals surface area contributed by atoms with E-state index >= 15 is 0 Å². The van der Waals surface area contributed by atoms with Gasteiger partial charge in [0.2, 0.25) is 0 Å². The third-order valence-corrected chi connectivity index (χ3v) is 15.6. The molecule has 13 rings (SSSR count). The average molecular weight is 850 g/mol. The summed E-state index contributed by atoms with van der Waals surface area (Å²) in [5.41, 5.74) is 15.3. The fourth-order valence-corrected chi connectivity index (χ4v) is 12.7. The van der Waals surface area contributed by atoms with Crippen molar-refractivity contribution in [2.45, 2.75) is 5.41 Å². The van der Waals surface area contributed by atoms with Crippen LogP contribution < -0.4 is 4.90 Å². The lowest BCUT2D eigenvalue weighted by Crippen LogP contribution is -2.28. The summed E-state index contributed by atoms with van der Waals surface area (Å²) in [6.45, 7) is 0. The molecule has 3 heteroatoms. The van der Waals surface area contributed by atoms with E-state index in [0.29, 0.717) is 0 Å². The topological polar surface area (TPSA) is 3.24 Å². The Morgan fingerprint density at radius 3 is 1.31 bits per heavy atom. The molecule has 1 nitrogen and oxygen atoms in total. The van der Waals surface area contributed by atoms with Crippen LogP contribution >= 0.6 is 22.7 Å². The Morgan fingerprint density at radius 2 is 0.734 bits per heavy atom. The maximum absolute atomic E-state index is 2.46. The normalized spacial score (nSPS) is 12.8. The largest absolute Gasteiger partial charge is 0.310 e. The predicted octanol–water partition coefficient (Wildman–Crippen LogP) is 17.6. The van der Waals surface area contributed by atoms with E-state index in [9.17, 15) is 0 Å². The van der Waals surface area contributed by atoms with Crippen molar-refractivity contribution in [1.82, 2.24) is 0 Å².